The molecule has 22 heavy (non-hydrogen) atoms. The highest BCUT2D eigenvalue weighted by molar-refractivity contribution is 5.52. The second-order valence-electron chi connectivity index (χ2n) is 5.93. The van der Waals surface area contributed by atoms with Crippen molar-refractivity contribution in [3.8, 4) is 11.5 Å². The molecule has 122 valence electrons. The van der Waals surface area contributed by atoms with E-state index in [1.165, 1.54) is 0 Å². The van der Waals surface area contributed by atoms with Gasteiger partial charge in [-0.1, -0.05) is 0 Å². The molecule has 0 unspecified atom stereocenters. The first-order valence-corrected chi connectivity index (χ1v) is 7.36. The van der Waals surface area contributed by atoms with E-state index < -0.39 is 17.5 Å². The molecule has 1 saturated heterocycles. The third-order valence-corrected chi connectivity index (χ3v) is 4.73. The highest BCUT2D eigenvalue weighted by atomic mass is 16.7. The fourth-order valence-corrected chi connectivity index (χ4v) is 3.46. The van der Waals surface area contributed by atoms with Crippen molar-refractivity contribution in [1.82, 2.24) is 0 Å². The van der Waals surface area contributed by atoms with Crippen LogP contribution in [-0.4, -0.2) is 49.0 Å². The number of aliphatic hydroxyl groups excluding tert-OH is 1. The number of rotatable bonds is 3. The van der Waals surface area contributed by atoms with E-state index in [0.29, 0.717) is 30.3 Å². The summed E-state index contributed by atoms with van der Waals surface area (Å²) in [5.41, 5.74) is 0.0480. The van der Waals surface area contributed by atoms with Crippen molar-refractivity contribution >= 4 is 0 Å². The Morgan fingerprint density at radius 2 is 1.73 bits per heavy atom. The van der Waals surface area contributed by atoms with E-state index in [1.54, 1.807) is 33.3 Å². The molecule has 2 N–H and O–H groups in total. The van der Waals surface area contributed by atoms with Gasteiger partial charge in [-0.2, -0.15) is 0 Å². The maximum absolute atomic E-state index is 11.1. The van der Waals surface area contributed by atoms with Gasteiger partial charge in [0.2, 0.25) is 0 Å². The Labute approximate surface area is 129 Å². The lowest BCUT2D eigenvalue weighted by Gasteiger charge is -2.45. The van der Waals surface area contributed by atoms with Crippen molar-refractivity contribution < 1.29 is 29.2 Å². The van der Waals surface area contributed by atoms with Gasteiger partial charge in [0, 0.05) is 24.0 Å². The van der Waals surface area contributed by atoms with Crippen LogP contribution in [0, 0.1) is 0 Å². The molecule has 1 heterocycles. The molecule has 0 spiro atoms. The number of hydrogen-bond donors (Lipinski definition) is 2. The minimum atomic E-state index is -1.34. The van der Waals surface area contributed by atoms with Crippen LogP contribution in [0.4, 0.5) is 0 Å². The second-order valence-corrected chi connectivity index (χ2v) is 5.93. The predicted octanol–water partition coefficient (Wildman–Crippen LogP) is 1.18. The largest absolute Gasteiger partial charge is 0.496 e. The van der Waals surface area contributed by atoms with Crippen LogP contribution >= 0.6 is 0 Å². The van der Waals surface area contributed by atoms with E-state index in [2.05, 4.69) is 0 Å². The summed E-state index contributed by atoms with van der Waals surface area (Å²) < 4.78 is 22.0. The Morgan fingerprint density at radius 3 is 2.32 bits per heavy atom. The summed E-state index contributed by atoms with van der Waals surface area (Å²) in [5, 5.41) is 21.7. The minimum Gasteiger partial charge on any atom is -0.496 e. The third kappa shape index (κ3) is 2.18. The first-order chi connectivity index (χ1) is 10.4. The molecule has 2 atom stereocenters. The molecule has 6 heteroatoms. The van der Waals surface area contributed by atoms with Gasteiger partial charge < -0.3 is 29.2 Å². The molecule has 3 rings (SSSR count). The standard InChI is InChI=1S/C16H22O6/c1-15(21-6-7-22-15)16(18)8-10-12(19-2)4-5-13(20-3)14(10)11(17)9-16/h4-5,11,17-18H,6-9H2,1-3H3/t11-,16+/m1/s1. The maximum Gasteiger partial charge on any atom is 0.195 e. The zero-order valence-electron chi connectivity index (χ0n) is 13.1. The van der Waals surface area contributed by atoms with Crippen LogP contribution in [0.2, 0.25) is 0 Å². The molecule has 0 radical (unpaired) electrons. The van der Waals surface area contributed by atoms with Crippen molar-refractivity contribution in [2.45, 2.75) is 37.3 Å². The molecular formula is C16H22O6. The monoisotopic (exact) mass is 310 g/mol. The average molecular weight is 310 g/mol. The van der Waals surface area contributed by atoms with Crippen LogP contribution in [0.25, 0.3) is 0 Å². The molecule has 1 fully saturated rings. The predicted molar refractivity (Wildman–Crippen MR) is 78.1 cm³/mol. The van der Waals surface area contributed by atoms with Crippen LogP contribution in [0.5, 0.6) is 11.5 Å². The van der Waals surface area contributed by atoms with E-state index in [4.69, 9.17) is 18.9 Å². The Hall–Kier alpha value is -1.34. The van der Waals surface area contributed by atoms with Gasteiger partial charge in [0.1, 0.15) is 17.1 Å². The van der Waals surface area contributed by atoms with E-state index in [-0.39, 0.29) is 12.8 Å². The van der Waals surface area contributed by atoms with Gasteiger partial charge >= 0.3 is 0 Å². The maximum atomic E-state index is 11.1. The van der Waals surface area contributed by atoms with Crippen molar-refractivity contribution in [2.75, 3.05) is 27.4 Å². The molecule has 1 aromatic carbocycles. The van der Waals surface area contributed by atoms with Gasteiger partial charge in [0.15, 0.2) is 5.79 Å². The van der Waals surface area contributed by atoms with E-state index >= 15 is 0 Å². The average Bonchev–Trinajstić information content (AvgIpc) is 2.94. The van der Waals surface area contributed by atoms with Crippen molar-refractivity contribution in [3.63, 3.8) is 0 Å². The Kier molecular flexibility index (Phi) is 3.81. The summed E-state index contributed by atoms with van der Waals surface area (Å²) in [6.07, 6.45) is -0.514. The molecule has 2 aliphatic rings. The molecule has 1 aliphatic heterocycles. The summed E-state index contributed by atoms with van der Waals surface area (Å²) in [6.45, 7) is 2.57. The van der Waals surface area contributed by atoms with Crippen molar-refractivity contribution in [3.05, 3.63) is 23.3 Å². The van der Waals surface area contributed by atoms with Crippen LogP contribution < -0.4 is 9.47 Å². The number of hydrogen-bond acceptors (Lipinski definition) is 6. The van der Waals surface area contributed by atoms with Gasteiger partial charge in [-0.05, 0) is 19.1 Å². The highest BCUT2D eigenvalue weighted by Gasteiger charge is 2.55. The topological polar surface area (TPSA) is 77.4 Å². The zero-order chi connectivity index (χ0) is 16.0. The number of benzene rings is 1. The van der Waals surface area contributed by atoms with Crippen LogP contribution in [0.15, 0.2) is 12.1 Å². The fourth-order valence-electron chi connectivity index (χ4n) is 3.46. The summed E-state index contributed by atoms with van der Waals surface area (Å²) in [6, 6.07) is 3.53. The number of fused-ring (bicyclic) bond motifs is 1. The summed E-state index contributed by atoms with van der Waals surface area (Å²) in [7, 11) is 3.12. The van der Waals surface area contributed by atoms with E-state index in [1.807, 2.05) is 0 Å². The fraction of sp³-hybridized carbons (Fsp3) is 0.625. The molecule has 1 aromatic rings. The first kappa shape index (κ1) is 15.6. The Balaban J connectivity index is 2.08. The minimum absolute atomic E-state index is 0.111. The zero-order valence-corrected chi connectivity index (χ0v) is 13.1. The lowest BCUT2D eigenvalue weighted by Crippen LogP contribution is -2.57. The Bertz CT molecular complexity index is 566. The second kappa shape index (κ2) is 5.38. The third-order valence-electron chi connectivity index (χ3n) is 4.73. The van der Waals surface area contributed by atoms with Gasteiger partial charge in [0.25, 0.3) is 0 Å². The van der Waals surface area contributed by atoms with Gasteiger partial charge in [0.05, 0.1) is 33.5 Å². The van der Waals surface area contributed by atoms with Crippen LogP contribution in [0.1, 0.15) is 30.6 Å². The molecule has 1 aliphatic carbocycles. The van der Waals surface area contributed by atoms with Gasteiger partial charge in [-0.25, -0.2) is 0 Å². The lowest BCUT2D eigenvalue weighted by atomic mass is 9.74. The lowest BCUT2D eigenvalue weighted by molar-refractivity contribution is -0.269. The summed E-state index contributed by atoms with van der Waals surface area (Å²) in [5.74, 6) is 0.0538. The number of aliphatic hydroxyl groups is 2. The molecule has 0 amide bonds. The van der Waals surface area contributed by atoms with Gasteiger partial charge in [-0.3, -0.25) is 0 Å². The molecule has 0 bridgehead atoms. The SMILES string of the molecule is COc1ccc(OC)c2c1C[C@@](O)(C1(C)OCCO1)C[C@H]2O. The number of ether oxygens (including phenoxy) is 4. The van der Waals surface area contributed by atoms with E-state index in [0.717, 1.165) is 5.56 Å². The molecule has 0 saturated carbocycles. The summed E-state index contributed by atoms with van der Waals surface area (Å²) >= 11 is 0. The van der Waals surface area contributed by atoms with Gasteiger partial charge in [-0.15, -0.1) is 0 Å². The van der Waals surface area contributed by atoms with Crippen LogP contribution in [0.3, 0.4) is 0 Å². The Morgan fingerprint density at radius 1 is 1.14 bits per heavy atom. The molecule has 0 aromatic heterocycles. The first-order valence-electron chi connectivity index (χ1n) is 7.36. The summed E-state index contributed by atoms with van der Waals surface area (Å²) in [4.78, 5) is 0. The number of methoxy groups -OCH3 is 2. The molecule has 6 nitrogen and oxygen atoms in total. The smallest absolute Gasteiger partial charge is 0.195 e. The van der Waals surface area contributed by atoms with E-state index in [9.17, 15) is 10.2 Å². The van der Waals surface area contributed by atoms with Crippen molar-refractivity contribution in [2.24, 2.45) is 0 Å². The van der Waals surface area contributed by atoms with Crippen molar-refractivity contribution in [1.29, 1.82) is 0 Å². The molecular weight excluding hydrogens is 288 g/mol. The van der Waals surface area contributed by atoms with Crippen LogP contribution in [-0.2, 0) is 15.9 Å². The normalized spacial score (nSPS) is 30.0. The quantitative estimate of drug-likeness (QED) is 0.873. The highest BCUT2D eigenvalue weighted by Crippen LogP contribution is 2.49.